The minimum Gasteiger partial charge on any atom is -0.389 e. The maximum absolute atomic E-state index is 12.8. The van der Waals surface area contributed by atoms with Gasteiger partial charge in [0.2, 0.25) is 0 Å². The predicted molar refractivity (Wildman–Crippen MR) is 134 cm³/mol. The molecule has 8 atom stereocenters. The first-order chi connectivity index (χ1) is 15.2. The van der Waals surface area contributed by atoms with E-state index in [1.807, 2.05) is 13.8 Å². The zero-order valence-electron chi connectivity index (χ0n) is 22.3. The van der Waals surface area contributed by atoms with Gasteiger partial charge in [-0.15, -0.1) is 0 Å². The van der Waals surface area contributed by atoms with E-state index in [9.17, 15) is 14.7 Å². The summed E-state index contributed by atoms with van der Waals surface area (Å²) in [4.78, 5) is 25.4. The molecule has 3 fully saturated rings. The molecule has 0 amide bonds. The second-order valence-electron chi connectivity index (χ2n) is 13.6. The zero-order valence-corrected chi connectivity index (χ0v) is 22.3. The number of allylic oxidation sites excluding steroid dienone is 3. The summed E-state index contributed by atoms with van der Waals surface area (Å²) >= 11 is 0. The van der Waals surface area contributed by atoms with E-state index < -0.39 is 11.5 Å². The minimum atomic E-state index is -0.560. The summed E-state index contributed by atoms with van der Waals surface area (Å²) in [5.41, 5.74) is 2.23. The molecule has 4 aliphatic rings. The van der Waals surface area contributed by atoms with E-state index in [-0.39, 0.29) is 27.9 Å². The first-order valence-electron chi connectivity index (χ1n) is 13.3. The van der Waals surface area contributed by atoms with Crippen molar-refractivity contribution in [2.45, 2.75) is 106 Å². The van der Waals surface area contributed by atoms with Crippen LogP contribution in [0, 0.1) is 45.3 Å². The third-order valence-electron chi connectivity index (χ3n) is 11.2. The van der Waals surface area contributed by atoms with E-state index in [4.69, 9.17) is 0 Å². The average molecular weight is 455 g/mol. The maximum Gasteiger partial charge on any atom is 0.155 e. The molecule has 4 rings (SSSR count). The first kappa shape index (κ1) is 24.9. The van der Waals surface area contributed by atoms with Crippen LogP contribution in [0.15, 0.2) is 23.3 Å². The molecule has 3 nitrogen and oxygen atoms in total. The normalized spacial score (nSPS) is 44.8. The Bertz CT molecular complexity index is 906. The lowest BCUT2D eigenvalue weighted by atomic mass is 9.40. The van der Waals surface area contributed by atoms with Crippen molar-refractivity contribution in [2.24, 2.45) is 45.3 Å². The number of hydrogen-bond donors (Lipinski definition) is 1. The fourth-order valence-electron chi connectivity index (χ4n) is 9.46. The first-order valence-corrected chi connectivity index (χ1v) is 13.3. The van der Waals surface area contributed by atoms with Crippen LogP contribution in [0.1, 0.15) is 100 Å². The Kier molecular flexibility index (Phi) is 5.96. The molecule has 3 saturated carbocycles. The smallest absolute Gasteiger partial charge is 0.155 e. The van der Waals surface area contributed by atoms with Gasteiger partial charge < -0.3 is 5.11 Å². The molecular weight excluding hydrogens is 408 g/mol. The van der Waals surface area contributed by atoms with Crippen LogP contribution in [0.25, 0.3) is 0 Å². The zero-order chi connectivity index (χ0) is 24.6. The van der Waals surface area contributed by atoms with Gasteiger partial charge in [-0.05, 0) is 86.0 Å². The van der Waals surface area contributed by atoms with E-state index in [0.29, 0.717) is 36.4 Å². The molecule has 3 heteroatoms. The van der Waals surface area contributed by atoms with Gasteiger partial charge in [0.15, 0.2) is 5.78 Å². The van der Waals surface area contributed by atoms with Crippen LogP contribution in [-0.2, 0) is 9.59 Å². The summed E-state index contributed by atoms with van der Waals surface area (Å²) < 4.78 is 0. The third kappa shape index (κ3) is 3.46. The fraction of sp³-hybridized carbons (Fsp3) is 0.800. The lowest BCUT2D eigenvalue weighted by Gasteiger charge is -2.64. The number of ketones is 2. The number of aliphatic hydroxyl groups is 1. The average Bonchev–Trinajstić information content (AvgIpc) is 2.96. The van der Waals surface area contributed by atoms with E-state index in [1.54, 1.807) is 6.08 Å². The fourth-order valence-corrected chi connectivity index (χ4v) is 9.46. The van der Waals surface area contributed by atoms with Gasteiger partial charge in [-0.2, -0.15) is 0 Å². The van der Waals surface area contributed by atoms with Gasteiger partial charge in [0.1, 0.15) is 5.78 Å². The molecule has 0 aromatic carbocycles. The quantitative estimate of drug-likeness (QED) is 0.380. The third-order valence-corrected chi connectivity index (χ3v) is 11.2. The van der Waals surface area contributed by atoms with E-state index in [1.165, 1.54) is 12.0 Å². The summed E-state index contributed by atoms with van der Waals surface area (Å²) in [6, 6.07) is 0. The summed E-state index contributed by atoms with van der Waals surface area (Å²) in [6.07, 6.45) is 10.2. The minimum absolute atomic E-state index is 0.00854. The van der Waals surface area contributed by atoms with Crippen LogP contribution in [-0.4, -0.2) is 22.8 Å². The molecule has 0 spiro atoms. The molecule has 0 heterocycles. The van der Waals surface area contributed by atoms with Crippen molar-refractivity contribution >= 4 is 11.6 Å². The largest absolute Gasteiger partial charge is 0.389 e. The number of carbonyl (C=O) groups excluding carboxylic acids is 2. The monoisotopic (exact) mass is 454 g/mol. The Labute approximate surface area is 201 Å². The molecule has 0 unspecified atom stereocenters. The number of rotatable bonds is 4. The topological polar surface area (TPSA) is 54.4 Å². The molecule has 0 bridgehead atoms. The van der Waals surface area contributed by atoms with Gasteiger partial charge in [0.05, 0.1) is 6.10 Å². The van der Waals surface area contributed by atoms with Crippen molar-refractivity contribution in [1.82, 2.24) is 0 Å². The van der Waals surface area contributed by atoms with Crippen molar-refractivity contribution in [2.75, 3.05) is 0 Å². The molecule has 0 radical (unpaired) electrons. The molecule has 0 aromatic heterocycles. The predicted octanol–water partition coefficient (Wildman–Crippen LogP) is 6.69. The summed E-state index contributed by atoms with van der Waals surface area (Å²) in [6.45, 7) is 17.7. The molecule has 1 N–H and O–H groups in total. The van der Waals surface area contributed by atoms with Gasteiger partial charge in [-0.3, -0.25) is 9.59 Å². The number of aliphatic hydroxyl groups excluding tert-OH is 1. The molecular formula is C30H46O3. The van der Waals surface area contributed by atoms with Crippen LogP contribution in [0.5, 0.6) is 0 Å². The number of Topliss-reactive ketones (excluding diaryl/α,β-unsaturated/α-hetero) is 1. The highest BCUT2D eigenvalue weighted by Gasteiger charge is 2.66. The van der Waals surface area contributed by atoms with Crippen molar-refractivity contribution < 1.29 is 14.7 Å². The molecule has 184 valence electrons. The van der Waals surface area contributed by atoms with Crippen LogP contribution in [0.2, 0.25) is 0 Å². The van der Waals surface area contributed by atoms with Crippen LogP contribution < -0.4 is 0 Å². The highest BCUT2D eigenvalue weighted by atomic mass is 16.3. The van der Waals surface area contributed by atoms with Crippen LogP contribution in [0.3, 0.4) is 0 Å². The second-order valence-corrected chi connectivity index (χ2v) is 13.6. The summed E-state index contributed by atoms with van der Waals surface area (Å²) in [5, 5.41) is 11.5. The maximum atomic E-state index is 12.8. The Morgan fingerprint density at radius 1 is 1.12 bits per heavy atom. The van der Waals surface area contributed by atoms with Gasteiger partial charge in [-0.1, -0.05) is 58.8 Å². The Morgan fingerprint density at radius 3 is 2.42 bits per heavy atom. The molecule has 0 saturated heterocycles. The number of carbonyl (C=O) groups is 2. The Morgan fingerprint density at radius 2 is 1.79 bits per heavy atom. The van der Waals surface area contributed by atoms with E-state index in [0.717, 1.165) is 31.3 Å². The van der Waals surface area contributed by atoms with Crippen molar-refractivity contribution in [1.29, 1.82) is 0 Å². The highest BCUT2D eigenvalue weighted by Crippen LogP contribution is 2.73. The van der Waals surface area contributed by atoms with Crippen molar-refractivity contribution in [3.8, 4) is 0 Å². The standard InChI is InChI=1S/C30H46O3/c1-18(2)15-20(31)16-19(3)21-9-13-30(8)23-17-24(32)26-27(4,5)25(33)11-12-28(26,6)22(23)10-14-29(21,30)7/h15,17,19,21-22,24,26,32H,9-14,16H2,1-8H3/t19-,21+,22-,24+,26-,28+,29-,30+/m0/s1. The second kappa shape index (κ2) is 7.90. The van der Waals surface area contributed by atoms with Gasteiger partial charge >= 0.3 is 0 Å². The number of fused-ring (bicyclic) bond motifs is 5. The summed E-state index contributed by atoms with van der Waals surface area (Å²) in [5.74, 6) is 1.88. The Hall–Kier alpha value is -1.22. The Balaban J connectivity index is 1.69. The summed E-state index contributed by atoms with van der Waals surface area (Å²) in [7, 11) is 0. The van der Waals surface area contributed by atoms with Crippen molar-refractivity contribution in [3.63, 3.8) is 0 Å². The molecule has 33 heavy (non-hydrogen) atoms. The molecule has 4 aliphatic carbocycles. The lowest BCUT2D eigenvalue weighted by Crippen LogP contribution is -2.60. The van der Waals surface area contributed by atoms with E-state index in [2.05, 4.69) is 47.6 Å². The van der Waals surface area contributed by atoms with Crippen molar-refractivity contribution in [3.05, 3.63) is 23.3 Å². The molecule has 0 aromatic rings. The SMILES string of the molecule is CC(C)=CC(=O)C[C@H](C)[C@H]1CC[C@]2(C)C3=C[C@@H](O)[C@H]4C(C)(C)C(=O)CC[C@]4(C)[C@H]3CC[C@@]12C. The van der Waals surface area contributed by atoms with Gasteiger partial charge in [0.25, 0.3) is 0 Å². The highest BCUT2D eigenvalue weighted by molar-refractivity contribution is 5.90. The number of hydrogen-bond acceptors (Lipinski definition) is 3. The van der Waals surface area contributed by atoms with Gasteiger partial charge in [-0.25, -0.2) is 0 Å². The van der Waals surface area contributed by atoms with Crippen LogP contribution in [0.4, 0.5) is 0 Å². The van der Waals surface area contributed by atoms with Crippen LogP contribution >= 0.6 is 0 Å². The lowest BCUT2D eigenvalue weighted by molar-refractivity contribution is -0.156. The molecule has 0 aliphatic heterocycles. The van der Waals surface area contributed by atoms with E-state index >= 15 is 0 Å². The van der Waals surface area contributed by atoms with Gasteiger partial charge in [0, 0.05) is 24.2 Å².